The molecule has 0 bridgehead atoms. The fourth-order valence-corrected chi connectivity index (χ4v) is 3.07. The van der Waals surface area contributed by atoms with Gasteiger partial charge >= 0.3 is 0 Å². The molecular weight excluding hydrogens is 258 g/mol. The Bertz CT molecular complexity index is 591. The second-order valence-corrected chi connectivity index (χ2v) is 5.78. The Morgan fingerprint density at radius 1 is 1.10 bits per heavy atom. The lowest BCUT2D eigenvalue weighted by Crippen LogP contribution is -2.35. The summed E-state index contributed by atoms with van der Waals surface area (Å²) in [7, 11) is 0. The summed E-state index contributed by atoms with van der Waals surface area (Å²) in [4.78, 5) is 0. The van der Waals surface area contributed by atoms with Crippen LogP contribution < -0.4 is 5.73 Å². The van der Waals surface area contributed by atoms with Crippen LogP contribution in [-0.2, 0) is 24.0 Å². The fraction of sp³-hybridized carbons (Fsp3) is 0.368. The molecule has 2 aromatic carbocycles. The summed E-state index contributed by atoms with van der Waals surface area (Å²) < 4.78 is 5.96. The summed E-state index contributed by atoms with van der Waals surface area (Å²) in [5.74, 6) is 0. The number of benzene rings is 2. The van der Waals surface area contributed by atoms with Gasteiger partial charge in [0.05, 0.1) is 12.7 Å². The number of fused-ring (bicyclic) bond motifs is 1. The molecule has 0 aliphatic carbocycles. The molecule has 2 atom stereocenters. The number of ether oxygens (including phenoxy) is 1. The number of aryl methyl sites for hydroxylation is 1. The van der Waals surface area contributed by atoms with E-state index in [0.29, 0.717) is 0 Å². The average molecular weight is 281 g/mol. The zero-order chi connectivity index (χ0) is 14.7. The van der Waals surface area contributed by atoms with Crippen molar-refractivity contribution < 1.29 is 4.74 Å². The molecule has 0 spiro atoms. The molecule has 1 heterocycles. The summed E-state index contributed by atoms with van der Waals surface area (Å²) in [5, 5.41) is 0. The molecule has 2 heteroatoms. The van der Waals surface area contributed by atoms with Crippen molar-refractivity contribution in [3.05, 3.63) is 70.8 Å². The zero-order valence-electron chi connectivity index (χ0n) is 12.6. The van der Waals surface area contributed by atoms with Gasteiger partial charge < -0.3 is 10.5 Å². The first-order chi connectivity index (χ1) is 10.3. The Balaban J connectivity index is 1.75. The Labute approximate surface area is 126 Å². The monoisotopic (exact) mass is 281 g/mol. The van der Waals surface area contributed by atoms with Crippen molar-refractivity contribution >= 4 is 0 Å². The fourth-order valence-electron chi connectivity index (χ4n) is 3.07. The van der Waals surface area contributed by atoms with Gasteiger partial charge in [-0.2, -0.15) is 0 Å². The normalized spacial score (nSPS) is 19.0. The van der Waals surface area contributed by atoms with E-state index in [4.69, 9.17) is 10.5 Å². The number of rotatable bonds is 4. The van der Waals surface area contributed by atoms with Crippen molar-refractivity contribution in [2.75, 3.05) is 6.61 Å². The molecule has 2 aromatic rings. The van der Waals surface area contributed by atoms with Gasteiger partial charge in [0.1, 0.15) is 0 Å². The molecule has 1 aliphatic rings. The lowest BCUT2D eigenvalue weighted by molar-refractivity contribution is 0.0246. The van der Waals surface area contributed by atoms with E-state index in [1.807, 2.05) is 0 Å². The van der Waals surface area contributed by atoms with E-state index < -0.39 is 0 Å². The van der Waals surface area contributed by atoms with Crippen molar-refractivity contribution in [3.63, 3.8) is 0 Å². The smallest absolute Gasteiger partial charge is 0.0981 e. The van der Waals surface area contributed by atoms with Gasteiger partial charge in [0, 0.05) is 6.04 Å². The lowest BCUT2D eigenvalue weighted by Gasteiger charge is -2.30. The Kier molecular flexibility index (Phi) is 4.37. The maximum absolute atomic E-state index is 6.44. The highest BCUT2D eigenvalue weighted by Crippen LogP contribution is 2.30. The van der Waals surface area contributed by atoms with Crippen LogP contribution in [0.2, 0.25) is 0 Å². The molecule has 2 N–H and O–H groups in total. The van der Waals surface area contributed by atoms with Crippen LogP contribution in [-0.4, -0.2) is 12.6 Å². The van der Waals surface area contributed by atoms with Crippen LogP contribution in [0.5, 0.6) is 0 Å². The molecular formula is C19H23NO. The van der Waals surface area contributed by atoms with Crippen LogP contribution >= 0.6 is 0 Å². The molecule has 3 rings (SSSR count). The third-order valence-electron chi connectivity index (χ3n) is 4.32. The number of hydrogen-bond acceptors (Lipinski definition) is 2. The minimum Gasteiger partial charge on any atom is -0.372 e. The van der Waals surface area contributed by atoms with Gasteiger partial charge in [-0.25, -0.2) is 0 Å². The van der Waals surface area contributed by atoms with Crippen molar-refractivity contribution in [3.8, 4) is 0 Å². The second-order valence-electron chi connectivity index (χ2n) is 5.78. The van der Waals surface area contributed by atoms with Gasteiger partial charge in [-0.1, -0.05) is 55.5 Å². The van der Waals surface area contributed by atoms with Crippen LogP contribution in [0.15, 0.2) is 48.5 Å². The molecule has 0 saturated carbocycles. The lowest BCUT2D eigenvalue weighted by atomic mass is 9.90. The first-order valence-corrected chi connectivity index (χ1v) is 7.80. The van der Waals surface area contributed by atoms with Gasteiger partial charge in [0.25, 0.3) is 0 Å². The molecule has 110 valence electrons. The van der Waals surface area contributed by atoms with Crippen molar-refractivity contribution in [1.82, 2.24) is 0 Å². The average Bonchev–Trinajstić information content (AvgIpc) is 2.55. The maximum Gasteiger partial charge on any atom is 0.0981 e. The van der Waals surface area contributed by atoms with Gasteiger partial charge in [-0.3, -0.25) is 0 Å². The first kappa shape index (κ1) is 14.3. The molecule has 0 fully saturated rings. The number of nitrogens with two attached hydrogens (primary N) is 1. The molecule has 1 aliphatic heterocycles. The second kappa shape index (κ2) is 6.42. The molecule has 2 nitrogen and oxygen atoms in total. The molecule has 0 amide bonds. The van der Waals surface area contributed by atoms with Gasteiger partial charge in [-0.15, -0.1) is 0 Å². The molecule has 0 radical (unpaired) electrons. The van der Waals surface area contributed by atoms with Crippen LogP contribution in [0, 0.1) is 0 Å². The zero-order valence-corrected chi connectivity index (χ0v) is 12.6. The summed E-state index contributed by atoms with van der Waals surface area (Å²) in [6.07, 6.45) is 2.93. The van der Waals surface area contributed by atoms with Crippen LogP contribution in [0.3, 0.4) is 0 Å². The summed E-state index contributed by atoms with van der Waals surface area (Å²) >= 11 is 0. The van der Waals surface area contributed by atoms with E-state index in [9.17, 15) is 0 Å². The van der Waals surface area contributed by atoms with Crippen LogP contribution in [0.25, 0.3) is 0 Å². The van der Waals surface area contributed by atoms with E-state index in [2.05, 4.69) is 55.5 Å². The van der Waals surface area contributed by atoms with Crippen molar-refractivity contribution in [1.29, 1.82) is 0 Å². The Hall–Kier alpha value is -1.64. The summed E-state index contributed by atoms with van der Waals surface area (Å²) in [5.41, 5.74) is 11.7. The summed E-state index contributed by atoms with van der Waals surface area (Å²) in [6, 6.07) is 17.3. The predicted molar refractivity (Wildman–Crippen MR) is 86.3 cm³/mol. The van der Waals surface area contributed by atoms with Gasteiger partial charge in [-0.05, 0) is 41.5 Å². The third kappa shape index (κ3) is 3.17. The third-order valence-corrected chi connectivity index (χ3v) is 4.32. The molecule has 0 aromatic heterocycles. The molecule has 21 heavy (non-hydrogen) atoms. The summed E-state index contributed by atoms with van der Waals surface area (Å²) in [6.45, 7) is 2.94. The van der Waals surface area contributed by atoms with Gasteiger partial charge in [0.2, 0.25) is 0 Å². The highest BCUT2D eigenvalue weighted by atomic mass is 16.5. The highest BCUT2D eigenvalue weighted by molar-refractivity contribution is 5.32. The van der Waals surface area contributed by atoms with E-state index in [1.54, 1.807) is 0 Å². The Morgan fingerprint density at radius 2 is 1.81 bits per heavy atom. The molecule has 2 unspecified atom stereocenters. The van der Waals surface area contributed by atoms with E-state index >= 15 is 0 Å². The van der Waals surface area contributed by atoms with Crippen LogP contribution in [0.4, 0.5) is 0 Å². The first-order valence-electron chi connectivity index (χ1n) is 7.80. The topological polar surface area (TPSA) is 35.2 Å². The quantitative estimate of drug-likeness (QED) is 0.932. The maximum atomic E-state index is 6.44. The van der Waals surface area contributed by atoms with Crippen molar-refractivity contribution in [2.24, 2.45) is 5.73 Å². The van der Waals surface area contributed by atoms with E-state index in [1.165, 1.54) is 22.3 Å². The molecule has 0 saturated heterocycles. The minimum atomic E-state index is -0.000994. The predicted octanol–water partition coefficient (Wildman–Crippen LogP) is 3.43. The standard InChI is InChI=1S/C19H23NO/c1-2-14-7-9-15(10-8-14)13-18(20)19-17-6-4-3-5-16(17)11-12-21-19/h3-10,18-19H,2,11-13,20H2,1H3. The highest BCUT2D eigenvalue weighted by Gasteiger charge is 2.26. The van der Waals surface area contributed by atoms with E-state index in [-0.39, 0.29) is 12.1 Å². The number of hydrogen-bond donors (Lipinski definition) is 1. The minimum absolute atomic E-state index is 0.000994. The van der Waals surface area contributed by atoms with Crippen molar-refractivity contribution in [2.45, 2.75) is 38.3 Å². The van der Waals surface area contributed by atoms with E-state index in [0.717, 1.165) is 25.9 Å². The van der Waals surface area contributed by atoms with Gasteiger partial charge in [0.15, 0.2) is 0 Å². The van der Waals surface area contributed by atoms with Crippen LogP contribution in [0.1, 0.15) is 35.3 Å². The Morgan fingerprint density at radius 3 is 2.57 bits per heavy atom. The SMILES string of the molecule is CCc1ccc(CC(N)C2OCCc3ccccc32)cc1. The largest absolute Gasteiger partial charge is 0.372 e.